The summed E-state index contributed by atoms with van der Waals surface area (Å²) < 4.78 is 34.4. The molecule has 188 valence electrons. The molecule has 0 aliphatic heterocycles. The first-order chi connectivity index (χ1) is 17.3. The zero-order valence-electron chi connectivity index (χ0n) is 20.4. The summed E-state index contributed by atoms with van der Waals surface area (Å²) in [5, 5.41) is 0.561. The molecule has 4 aromatic rings. The molecule has 0 atom stereocenters. The number of carbonyl (C=O) groups is 1. The number of furan rings is 1. The fraction of sp³-hybridized carbons (Fsp3) is 0.333. The van der Waals surface area contributed by atoms with E-state index in [4.69, 9.17) is 9.40 Å². The average Bonchev–Trinajstić information content (AvgIpc) is 3.56. The third-order valence-corrected chi connectivity index (χ3v) is 9.74. The number of hydrogen-bond acceptors (Lipinski definition) is 6. The minimum absolute atomic E-state index is 0.0246. The Labute approximate surface area is 215 Å². The fourth-order valence-corrected chi connectivity index (χ4v) is 7.13. The SMILES string of the molecule is Cc1ccc2nc(N(Cc3ccco3)C(=O)c3ccc(S(=O)(=O)N(C)C4CCCCC4)cc3)sc2c1. The number of benzene rings is 2. The van der Waals surface area contributed by atoms with Crippen LogP contribution in [0.1, 0.15) is 53.8 Å². The van der Waals surface area contributed by atoms with Crippen LogP contribution in [-0.4, -0.2) is 36.7 Å². The second kappa shape index (κ2) is 10.2. The van der Waals surface area contributed by atoms with Gasteiger partial charge in [0.05, 0.1) is 27.9 Å². The number of rotatable bonds is 7. The molecule has 0 radical (unpaired) electrons. The summed E-state index contributed by atoms with van der Waals surface area (Å²) in [7, 11) is -1.98. The highest BCUT2D eigenvalue weighted by Gasteiger charge is 2.30. The maximum atomic E-state index is 13.6. The van der Waals surface area contributed by atoms with Crippen LogP contribution in [0.5, 0.6) is 0 Å². The van der Waals surface area contributed by atoms with Crippen LogP contribution in [0.3, 0.4) is 0 Å². The van der Waals surface area contributed by atoms with E-state index < -0.39 is 10.0 Å². The molecule has 2 aromatic carbocycles. The minimum atomic E-state index is -3.63. The summed E-state index contributed by atoms with van der Waals surface area (Å²) in [6.45, 7) is 2.24. The highest BCUT2D eigenvalue weighted by molar-refractivity contribution is 7.89. The Balaban J connectivity index is 1.43. The van der Waals surface area contributed by atoms with Gasteiger partial charge in [0.2, 0.25) is 10.0 Å². The number of fused-ring (bicyclic) bond motifs is 1. The normalized spacial score (nSPS) is 15.0. The Morgan fingerprint density at radius 2 is 1.83 bits per heavy atom. The molecule has 2 aromatic heterocycles. The van der Waals surface area contributed by atoms with Crippen molar-refractivity contribution < 1.29 is 17.6 Å². The van der Waals surface area contributed by atoms with Gasteiger partial charge in [-0.3, -0.25) is 9.69 Å². The van der Waals surface area contributed by atoms with Crippen molar-refractivity contribution in [2.75, 3.05) is 11.9 Å². The van der Waals surface area contributed by atoms with E-state index >= 15 is 0 Å². The molecule has 9 heteroatoms. The van der Waals surface area contributed by atoms with Gasteiger partial charge in [0.25, 0.3) is 5.91 Å². The van der Waals surface area contributed by atoms with Gasteiger partial charge in [-0.15, -0.1) is 0 Å². The molecule has 1 aliphatic carbocycles. The third-order valence-electron chi connectivity index (χ3n) is 6.77. The Bertz CT molecular complexity index is 1450. The van der Waals surface area contributed by atoms with E-state index in [1.807, 2.05) is 25.1 Å². The van der Waals surface area contributed by atoms with Crippen molar-refractivity contribution in [3.63, 3.8) is 0 Å². The molecule has 0 saturated heterocycles. The molecule has 1 aliphatic rings. The number of hydrogen-bond donors (Lipinski definition) is 0. The van der Waals surface area contributed by atoms with E-state index in [2.05, 4.69) is 6.07 Å². The maximum Gasteiger partial charge on any atom is 0.260 e. The summed E-state index contributed by atoms with van der Waals surface area (Å²) in [5.41, 5.74) is 2.33. The van der Waals surface area contributed by atoms with Crippen LogP contribution in [0, 0.1) is 6.92 Å². The van der Waals surface area contributed by atoms with Crippen molar-refractivity contribution in [2.24, 2.45) is 0 Å². The Hall–Kier alpha value is -3.01. The molecule has 0 N–H and O–H groups in total. The topological polar surface area (TPSA) is 83.7 Å². The summed E-state index contributed by atoms with van der Waals surface area (Å²) in [6, 6.07) is 15.8. The Morgan fingerprint density at radius 3 is 2.53 bits per heavy atom. The van der Waals surface area contributed by atoms with Gasteiger partial charge >= 0.3 is 0 Å². The van der Waals surface area contributed by atoms with Crippen LogP contribution < -0.4 is 4.90 Å². The van der Waals surface area contributed by atoms with Crippen LogP contribution in [-0.2, 0) is 16.6 Å². The molecule has 5 rings (SSSR count). The zero-order valence-corrected chi connectivity index (χ0v) is 22.0. The van der Waals surface area contributed by atoms with Crippen molar-refractivity contribution >= 4 is 42.6 Å². The molecule has 7 nitrogen and oxygen atoms in total. The summed E-state index contributed by atoms with van der Waals surface area (Å²) in [4.78, 5) is 20.1. The van der Waals surface area contributed by atoms with Crippen LogP contribution in [0.4, 0.5) is 5.13 Å². The quantitative estimate of drug-likeness (QED) is 0.297. The largest absolute Gasteiger partial charge is 0.467 e. The van der Waals surface area contributed by atoms with Crippen molar-refractivity contribution in [2.45, 2.75) is 56.5 Å². The molecule has 2 heterocycles. The molecular formula is C27H29N3O4S2. The Kier molecular flexibility index (Phi) is 6.96. The van der Waals surface area contributed by atoms with Gasteiger partial charge in [0.1, 0.15) is 5.76 Å². The first-order valence-electron chi connectivity index (χ1n) is 12.1. The van der Waals surface area contributed by atoms with E-state index in [1.54, 1.807) is 36.4 Å². The van der Waals surface area contributed by atoms with Crippen LogP contribution >= 0.6 is 11.3 Å². The molecule has 1 saturated carbocycles. The second-order valence-corrected chi connectivity index (χ2v) is 12.3. The van der Waals surface area contributed by atoms with Crippen molar-refractivity contribution in [3.8, 4) is 0 Å². The van der Waals surface area contributed by atoms with E-state index in [9.17, 15) is 13.2 Å². The lowest BCUT2D eigenvalue weighted by atomic mass is 9.96. The van der Waals surface area contributed by atoms with Crippen LogP contribution in [0.2, 0.25) is 0 Å². The number of thiazole rings is 1. The summed E-state index contributed by atoms with van der Waals surface area (Å²) >= 11 is 1.44. The monoisotopic (exact) mass is 523 g/mol. The number of carbonyl (C=O) groups excluding carboxylic acids is 1. The van der Waals surface area contributed by atoms with Crippen molar-refractivity contribution in [1.29, 1.82) is 0 Å². The standard InChI is InChI=1S/C27H29N3O4S2/c1-19-10-15-24-25(17-19)35-27(28-24)30(18-22-9-6-16-34-22)26(31)20-11-13-23(14-12-20)36(32,33)29(2)21-7-4-3-5-8-21/h6,9-17,21H,3-5,7-8,18H2,1-2H3. The lowest BCUT2D eigenvalue weighted by Gasteiger charge is -2.30. The number of nitrogens with zero attached hydrogens (tertiary/aromatic N) is 3. The van der Waals surface area contributed by atoms with E-state index in [1.165, 1.54) is 27.8 Å². The zero-order chi connectivity index (χ0) is 25.3. The first kappa shape index (κ1) is 24.7. The molecule has 0 spiro atoms. The van der Waals surface area contributed by atoms with Gasteiger partial charge < -0.3 is 4.42 Å². The number of aryl methyl sites for hydroxylation is 1. The average molecular weight is 524 g/mol. The lowest BCUT2D eigenvalue weighted by molar-refractivity contribution is 0.0983. The summed E-state index contributed by atoms with van der Waals surface area (Å²) in [5.74, 6) is 0.360. The highest BCUT2D eigenvalue weighted by atomic mass is 32.2. The predicted molar refractivity (Wildman–Crippen MR) is 142 cm³/mol. The predicted octanol–water partition coefficient (Wildman–Crippen LogP) is 6.00. The van der Waals surface area contributed by atoms with E-state index in [-0.39, 0.29) is 23.4 Å². The second-order valence-electron chi connectivity index (χ2n) is 9.28. The van der Waals surface area contributed by atoms with Crippen LogP contribution in [0.15, 0.2) is 70.2 Å². The molecule has 36 heavy (non-hydrogen) atoms. The Morgan fingerprint density at radius 1 is 1.08 bits per heavy atom. The molecule has 1 fully saturated rings. The van der Waals surface area contributed by atoms with Gasteiger partial charge in [0.15, 0.2) is 5.13 Å². The number of sulfonamides is 1. The highest BCUT2D eigenvalue weighted by Crippen LogP contribution is 2.32. The molecule has 0 bridgehead atoms. The van der Waals surface area contributed by atoms with Gasteiger partial charge in [0, 0.05) is 18.7 Å². The van der Waals surface area contributed by atoms with Crippen molar-refractivity contribution in [1.82, 2.24) is 9.29 Å². The summed E-state index contributed by atoms with van der Waals surface area (Å²) in [6.07, 6.45) is 6.60. The van der Waals surface area contributed by atoms with Gasteiger partial charge in [-0.2, -0.15) is 4.31 Å². The molecule has 1 amide bonds. The number of anilines is 1. The fourth-order valence-electron chi connectivity index (χ4n) is 4.65. The maximum absolute atomic E-state index is 13.6. The van der Waals surface area contributed by atoms with E-state index in [0.717, 1.165) is 47.9 Å². The lowest BCUT2D eigenvalue weighted by Crippen LogP contribution is -2.38. The smallest absolute Gasteiger partial charge is 0.260 e. The third kappa shape index (κ3) is 4.96. The first-order valence-corrected chi connectivity index (χ1v) is 14.4. The van der Waals surface area contributed by atoms with Crippen molar-refractivity contribution in [3.05, 3.63) is 77.7 Å². The van der Waals surface area contributed by atoms with Gasteiger partial charge in [-0.05, 0) is 73.9 Å². The molecular weight excluding hydrogens is 494 g/mol. The van der Waals surface area contributed by atoms with E-state index in [0.29, 0.717) is 16.5 Å². The van der Waals surface area contributed by atoms with Gasteiger partial charge in [-0.25, -0.2) is 13.4 Å². The van der Waals surface area contributed by atoms with Gasteiger partial charge in [-0.1, -0.05) is 36.7 Å². The van der Waals surface area contributed by atoms with Crippen LogP contribution in [0.25, 0.3) is 10.2 Å². The minimum Gasteiger partial charge on any atom is -0.467 e. The molecule has 0 unspecified atom stereocenters. The number of amides is 1. The number of aromatic nitrogens is 1.